The summed E-state index contributed by atoms with van der Waals surface area (Å²) in [5.74, 6) is 1.85. The fourth-order valence-corrected chi connectivity index (χ4v) is 5.55. The largest absolute Gasteiger partial charge is 0.456 e. The third-order valence-electron chi connectivity index (χ3n) is 7.31. The van der Waals surface area contributed by atoms with Crippen LogP contribution in [0, 0.1) is 6.92 Å². The van der Waals surface area contributed by atoms with E-state index in [0.29, 0.717) is 17.6 Å². The number of benzene rings is 5. The van der Waals surface area contributed by atoms with Crippen LogP contribution in [-0.4, -0.2) is 19.5 Å². The van der Waals surface area contributed by atoms with E-state index >= 15 is 0 Å². The molecule has 8 rings (SSSR count). The molecule has 39 heavy (non-hydrogen) atoms. The molecule has 5 aromatic carbocycles. The van der Waals surface area contributed by atoms with E-state index in [1.807, 2.05) is 60.7 Å². The molecule has 0 unspecified atom stereocenters. The second kappa shape index (κ2) is 8.36. The molecule has 5 nitrogen and oxygen atoms in total. The van der Waals surface area contributed by atoms with Crippen LogP contribution in [-0.2, 0) is 0 Å². The van der Waals surface area contributed by atoms with Crippen molar-refractivity contribution in [3.63, 3.8) is 0 Å². The molecule has 184 valence electrons. The van der Waals surface area contributed by atoms with Gasteiger partial charge in [-0.05, 0) is 37.3 Å². The summed E-state index contributed by atoms with van der Waals surface area (Å²) in [6.07, 6.45) is 0. The van der Waals surface area contributed by atoms with Gasteiger partial charge in [0.15, 0.2) is 11.6 Å². The van der Waals surface area contributed by atoms with Gasteiger partial charge in [0.2, 0.25) is 5.95 Å². The first-order valence-electron chi connectivity index (χ1n) is 13.0. The summed E-state index contributed by atoms with van der Waals surface area (Å²) in [4.78, 5) is 15.0. The highest BCUT2D eigenvalue weighted by atomic mass is 16.3. The maximum Gasteiger partial charge on any atom is 0.238 e. The Hall–Kier alpha value is -5.29. The zero-order valence-corrected chi connectivity index (χ0v) is 21.2. The van der Waals surface area contributed by atoms with Gasteiger partial charge in [-0.1, -0.05) is 90.5 Å². The molecule has 0 saturated carbocycles. The van der Waals surface area contributed by atoms with Gasteiger partial charge in [-0.15, -0.1) is 0 Å². The molecule has 8 aromatic rings. The minimum absolute atomic E-state index is 0.581. The van der Waals surface area contributed by atoms with Crippen LogP contribution >= 0.6 is 0 Å². The Bertz CT molecular complexity index is 2120. The summed E-state index contributed by atoms with van der Waals surface area (Å²) >= 11 is 0. The minimum atomic E-state index is 0.581. The lowest BCUT2D eigenvalue weighted by atomic mass is 10.0. The standard InChI is InChI=1S/C34H22N4O/c1-21-16-18-28-25(20-21)31-29(39-28)19-17-27-30(31)24-14-8-9-15-26(24)38(27)34-36-32(22-10-4-2-5-11-22)35-33(37-34)23-12-6-3-7-13-23/h2-20H,1H3. The highest BCUT2D eigenvalue weighted by Gasteiger charge is 2.21. The molecule has 0 saturated heterocycles. The third kappa shape index (κ3) is 3.37. The molecule has 0 radical (unpaired) electrons. The Balaban J connectivity index is 1.50. The zero-order chi connectivity index (χ0) is 25.9. The first kappa shape index (κ1) is 21.8. The molecule has 0 fully saturated rings. The van der Waals surface area contributed by atoms with Gasteiger partial charge in [0.05, 0.1) is 11.0 Å². The lowest BCUT2D eigenvalue weighted by molar-refractivity contribution is 0.669. The van der Waals surface area contributed by atoms with Gasteiger partial charge in [-0.3, -0.25) is 4.57 Å². The van der Waals surface area contributed by atoms with Crippen LogP contribution < -0.4 is 0 Å². The van der Waals surface area contributed by atoms with Gasteiger partial charge in [0.25, 0.3) is 0 Å². The number of furan rings is 1. The molecule has 0 bridgehead atoms. The Labute approximate surface area is 224 Å². The van der Waals surface area contributed by atoms with Gasteiger partial charge in [0, 0.05) is 32.7 Å². The molecule has 0 atom stereocenters. The van der Waals surface area contributed by atoms with E-state index in [9.17, 15) is 0 Å². The summed E-state index contributed by atoms with van der Waals surface area (Å²) in [6, 6.07) is 39.1. The molecule has 5 heteroatoms. The molecule has 0 aliphatic heterocycles. The predicted octanol–water partition coefficient (Wildman–Crippen LogP) is 8.51. The Kier molecular flexibility index (Phi) is 4.67. The van der Waals surface area contributed by atoms with Gasteiger partial charge in [0.1, 0.15) is 11.2 Å². The van der Waals surface area contributed by atoms with Crippen molar-refractivity contribution in [3.8, 4) is 28.7 Å². The van der Waals surface area contributed by atoms with Gasteiger partial charge >= 0.3 is 0 Å². The second-order valence-electron chi connectivity index (χ2n) is 9.80. The predicted molar refractivity (Wildman–Crippen MR) is 157 cm³/mol. The van der Waals surface area contributed by atoms with E-state index in [1.165, 1.54) is 5.56 Å². The molecular weight excluding hydrogens is 480 g/mol. The van der Waals surface area contributed by atoms with Gasteiger partial charge < -0.3 is 4.42 Å². The van der Waals surface area contributed by atoms with Gasteiger partial charge in [-0.25, -0.2) is 4.98 Å². The fourth-order valence-electron chi connectivity index (χ4n) is 5.55. The van der Waals surface area contributed by atoms with Crippen molar-refractivity contribution in [2.75, 3.05) is 0 Å². The maximum absolute atomic E-state index is 6.28. The molecule has 0 spiro atoms. The van der Waals surface area contributed by atoms with E-state index in [4.69, 9.17) is 19.4 Å². The van der Waals surface area contributed by atoms with Crippen molar-refractivity contribution in [2.45, 2.75) is 6.92 Å². The average Bonchev–Trinajstić information content (AvgIpc) is 3.53. The molecule has 0 amide bonds. The van der Waals surface area contributed by atoms with Crippen LogP contribution in [0.2, 0.25) is 0 Å². The Morgan fingerprint density at radius 2 is 1.18 bits per heavy atom. The Morgan fingerprint density at radius 3 is 1.90 bits per heavy atom. The molecular formula is C34H22N4O. The monoisotopic (exact) mass is 502 g/mol. The van der Waals surface area contributed by atoms with Crippen molar-refractivity contribution in [1.82, 2.24) is 19.5 Å². The van der Waals surface area contributed by atoms with Crippen LogP contribution in [0.15, 0.2) is 120 Å². The number of para-hydroxylation sites is 1. The van der Waals surface area contributed by atoms with Crippen LogP contribution in [0.3, 0.4) is 0 Å². The van der Waals surface area contributed by atoms with Gasteiger partial charge in [-0.2, -0.15) is 9.97 Å². The van der Waals surface area contributed by atoms with Crippen LogP contribution in [0.5, 0.6) is 0 Å². The average molecular weight is 503 g/mol. The Morgan fingerprint density at radius 1 is 0.538 bits per heavy atom. The molecule has 0 N–H and O–H groups in total. The van der Waals surface area contributed by atoms with Crippen molar-refractivity contribution in [2.24, 2.45) is 0 Å². The van der Waals surface area contributed by atoms with E-state index in [-0.39, 0.29) is 0 Å². The molecule has 3 heterocycles. The number of nitrogens with zero attached hydrogens (tertiary/aromatic N) is 4. The normalized spacial score (nSPS) is 11.7. The molecule has 0 aliphatic rings. The summed E-state index contributed by atoms with van der Waals surface area (Å²) in [5, 5.41) is 4.49. The molecule has 3 aromatic heterocycles. The van der Waals surface area contributed by atoms with Crippen LogP contribution in [0.4, 0.5) is 0 Å². The number of fused-ring (bicyclic) bond motifs is 7. The zero-order valence-electron chi connectivity index (χ0n) is 21.2. The van der Waals surface area contributed by atoms with E-state index < -0.39 is 0 Å². The summed E-state index contributed by atoms with van der Waals surface area (Å²) in [5.41, 5.74) is 6.90. The summed E-state index contributed by atoms with van der Waals surface area (Å²) in [6.45, 7) is 2.11. The lowest BCUT2D eigenvalue weighted by Crippen LogP contribution is -2.06. The highest BCUT2D eigenvalue weighted by molar-refractivity contribution is 6.27. The maximum atomic E-state index is 6.28. The SMILES string of the molecule is Cc1ccc2oc3ccc4c(c5ccccc5n4-c4nc(-c5ccccc5)nc(-c5ccccc5)n4)c3c2c1. The number of aromatic nitrogens is 4. The fraction of sp³-hybridized carbons (Fsp3) is 0.0294. The third-order valence-corrected chi connectivity index (χ3v) is 7.31. The quantitative estimate of drug-likeness (QED) is 0.243. The number of hydrogen-bond acceptors (Lipinski definition) is 4. The first-order valence-corrected chi connectivity index (χ1v) is 13.0. The number of rotatable bonds is 3. The topological polar surface area (TPSA) is 56.7 Å². The van der Waals surface area contributed by atoms with Crippen LogP contribution in [0.25, 0.3) is 72.5 Å². The smallest absolute Gasteiger partial charge is 0.238 e. The second-order valence-corrected chi connectivity index (χ2v) is 9.80. The molecule has 0 aliphatic carbocycles. The van der Waals surface area contributed by atoms with Crippen molar-refractivity contribution in [3.05, 3.63) is 121 Å². The number of aryl methyl sites for hydroxylation is 1. The highest BCUT2D eigenvalue weighted by Crippen LogP contribution is 2.41. The minimum Gasteiger partial charge on any atom is -0.456 e. The van der Waals surface area contributed by atoms with E-state index in [1.54, 1.807) is 0 Å². The van der Waals surface area contributed by atoms with Crippen molar-refractivity contribution in [1.29, 1.82) is 0 Å². The lowest BCUT2D eigenvalue weighted by Gasteiger charge is -2.10. The number of hydrogen-bond donors (Lipinski definition) is 0. The van der Waals surface area contributed by atoms with E-state index in [0.717, 1.165) is 54.9 Å². The van der Waals surface area contributed by atoms with Crippen molar-refractivity contribution < 1.29 is 4.42 Å². The van der Waals surface area contributed by atoms with E-state index in [2.05, 4.69) is 66.1 Å². The summed E-state index contributed by atoms with van der Waals surface area (Å²) in [7, 11) is 0. The van der Waals surface area contributed by atoms with Crippen molar-refractivity contribution >= 4 is 43.7 Å². The first-order chi connectivity index (χ1) is 19.2. The van der Waals surface area contributed by atoms with Crippen LogP contribution in [0.1, 0.15) is 5.56 Å². The summed E-state index contributed by atoms with van der Waals surface area (Å²) < 4.78 is 8.43.